The molecule has 0 fully saturated rings. The minimum absolute atomic E-state index is 0.000299. The Balaban J connectivity index is 1.91. The molecule has 3 aromatic carbocycles. The van der Waals surface area contributed by atoms with E-state index >= 15 is 0 Å². The van der Waals surface area contributed by atoms with Crippen LogP contribution in [0.25, 0.3) is 5.70 Å². The Morgan fingerprint density at radius 3 is 2.05 bits per heavy atom. The van der Waals surface area contributed by atoms with E-state index in [-0.39, 0.29) is 30.1 Å². The molecule has 1 unspecified atom stereocenters. The van der Waals surface area contributed by atoms with Crippen molar-refractivity contribution in [3.63, 3.8) is 0 Å². The Morgan fingerprint density at radius 2 is 1.46 bits per heavy atom. The lowest BCUT2D eigenvalue weighted by atomic mass is 9.81. The van der Waals surface area contributed by atoms with Crippen molar-refractivity contribution in [2.45, 2.75) is 25.9 Å². The number of rotatable bonds is 7. The average molecular weight is 553 g/mol. The molecule has 2 heterocycles. The third kappa shape index (κ3) is 4.26. The zero-order valence-electron chi connectivity index (χ0n) is 22.8. The second-order valence-corrected chi connectivity index (χ2v) is 9.59. The maximum absolute atomic E-state index is 14.9. The van der Waals surface area contributed by atoms with Gasteiger partial charge in [0.25, 0.3) is 11.8 Å². The normalized spacial score (nSPS) is 18.5. The van der Waals surface area contributed by atoms with Gasteiger partial charge in [-0.05, 0) is 37.1 Å². The molecule has 1 spiro atoms. The summed E-state index contributed by atoms with van der Waals surface area (Å²) in [6.45, 7) is 3.41. The maximum atomic E-state index is 14.9. The van der Waals surface area contributed by atoms with Gasteiger partial charge in [-0.2, -0.15) is 0 Å². The number of carbonyl (C=O) groups excluding carboxylic acids is 4. The number of ether oxygens (including phenoxy) is 2. The van der Waals surface area contributed by atoms with Crippen molar-refractivity contribution in [1.29, 1.82) is 0 Å². The number of carbonyl (C=O) groups is 4. The standard InChI is InChI=1S/C32H28N2O7/c1-4-41-30(38)24-26(22-13-9-6-10-14-22)33(19-21-11-7-5-8-12-21)31(39)32(24)25(29(37)40-3)27(35)28(36)34(32)23-17-15-20(2)16-18-23/h5-18,35H,4,19H2,1-3H3. The molecule has 0 bridgehead atoms. The van der Waals surface area contributed by atoms with Gasteiger partial charge in [0, 0.05) is 5.69 Å². The third-order valence-corrected chi connectivity index (χ3v) is 7.15. The summed E-state index contributed by atoms with van der Waals surface area (Å²) < 4.78 is 10.5. The fourth-order valence-electron chi connectivity index (χ4n) is 5.41. The van der Waals surface area contributed by atoms with Crippen molar-refractivity contribution < 1.29 is 33.8 Å². The average Bonchev–Trinajstić information content (AvgIpc) is 3.36. The van der Waals surface area contributed by atoms with E-state index in [2.05, 4.69) is 0 Å². The number of amides is 2. The number of hydrogen-bond acceptors (Lipinski definition) is 7. The predicted molar refractivity (Wildman–Crippen MR) is 150 cm³/mol. The summed E-state index contributed by atoms with van der Waals surface area (Å²) in [7, 11) is 1.07. The van der Waals surface area contributed by atoms with Crippen LogP contribution in [0.5, 0.6) is 0 Å². The molecule has 1 atom stereocenters. The van der Waals surface area contributed by atoms with Gasteiger partial charge < -0.3 is 19.5 Å². The Labute approximate surface area is 236 Å². The van der Waals surface area contributed by atoms with E-state index in [9.17, 15) is 24.3 Å². The molecule has 9 nitrogen and oxygen atoms in total. The van der Waals surface area contributed by atoms with Crippen molar-refractivity contribution in [2.75, 3.05) is 18.6 Å². The van der Waals surface area contributed by atoms with Crippen molar-refractivity contribution in [3.05, 3.63) is 119 Å². The molecule has 2 aliphatic heterocycles. The summed E-state index contributed by atoms with van der Waals surface area (Å²) in [5, 5.41) is 11.2. The first-order chi connectivity index (χ1) is 19.8. The van der Waals surface area contributed by atoms with Crippen molar-refractivity contribution in [1.82, 2.24) is 4.90 Å². The smallest absolute Gasteiger partial charge is 0.341 e. The Morgan fingerprint density at radius 1 is 0.854 bits per heavy atom. The van der Waals surface area contributed by atoms with Crippen molar-refractivity contribution >= 4 is 35.1 Å². The molecule has 3 aromatic rings. The van der Waals surface area contributed by atoms with Crippen molar-refractivity contribution in [2.24, 2.45) is 0 Å². The predicted octanol–water partition coefficient (Wildman–Crippen LogP) is 4.08. The van der Waals surface area contributed by atoms with Crippen LogP contribution in [0, 0.1) is 6.92 Å². The van der Waals surface area contributed by atoms with Gasteiger partial charge in [0.15, 0.2) is 11.3 Å². The van der Waals surface area contributed by atoms with Crippen LogP contribution in [-0.4, -0.2) is 53.0 Å². The molecule has 41 heavy (non-hydrogen) atoms. The Bertz CT molecular complexity index is 1590. The number of benzene rings is 3. The number of hydrogen-bond donors (Lipinski definition) is 1. The van der Waals surface area contributed by atoms with Crippen LogP contribution in [0.15, 0.2) is 102 Å². The molecular weight excluding hydrogens is 524 g/mol. The SMILES string of the molecule is CCOC(=O)C1=C(c2ccccc2)N(Cc2ccccc2)C(=O)C12C(C(=O)OC)=C(O)C(=O)N2c1ccc(C)cc1. The summed E-state index contributed by atoms with van der Waals surface area (Å²) in [5.41, 5.74) is -0.913. The van der Waals surface area contributed by atoms with Gasteiger partial charge in [-0.25, -0.2) is 9.59 Å². The fraction of sp³-hybridized carbons (Fsp3) is 0.188. The van der Waals surface area contributed by atoms with E-state index in [4.69, 9.17) is 9.47 Å². The van der Waals surface area contributed by atoms with Crippen LogP contribution < -0.4 is 4.90 Å². The molecule has 0 saturated heterocycles. The number of aliphatic hydroxyl groups is 1. The van der Waals surface area contributed by atoms with Crippen LogP contribution in [0.2, 0.25) is 0 Å². The molecule has 9 heteroatoms. The maximum Gasteiger partial charge on any atom is 0.341 e. The van der Waals surface area contributed by atoms with Crippen LogP contribution in [0.1, 0.15) is 23.6 Å². The van der Waals surface area contributed by atoms with E-state index in [0.29, 0.717) is 5.56 Å². The van der Waals surface area contributed by atoms with Crippen LogP contribution >= 0.6 is 0 Å². The number of esters is 2. The highest BCUT2D eigenvalue weighted by Gasteiger charge is 2.70. The van der Waals surface area contributed by atoms with E-state index in [1.165, 1.54) is 4.90 Å². The lowest BCUT2D eigenvalue weighted by Crippen LogP contribution is -2.59. The number of anilines is 1. The first-order valence-corrected chi connectivity index (χ1v) is 13.0. The van der Waals surface area contributed by atoms with Gasteiger partial charge in [-0.1, -0.05) is 78.4 Å². The highest BCUT2D eigenvalue weighted by molar-refractivity contribution is 6.31. The Kier molecular flexibility index (Phi) is 7.19. The van der Waals surface area contributed by atoms with Crippen LogP contribution in [0.3, 0.4) is 0 Å². The summed E-state index contributed by atoms with van der Waals surface area (Å²) in [4.78, 5) is 58.5. The lowest BCUT2D eigenvalue weighted by Gasteiger charge is -2.36. The molecule has 0 saturated carbocycles. The van der Waals surface area contributed by atoms with Crippen LogP contribution in [0.4, 0.5) is 5.69 Å². The summed E-state index contributed by atoms with van der Waals surface area (Å²) >= 11 is 0. The van der Waals surface area contributed by atoms with E-state index in [0.717, 1.165) is 23.1 Å². The topological polar surface area (TPSA) is 113 Å². The highest BCUT2D eigenvalue weighted by Crippen LogP contribution is 2.53. The van der Waals surface area contributed by atoms with Gasteiger partial charge in [0.05, 0.1) is 26.0 Å². The zero-order chi connectivity index (χ0) is 29.3. The van der Waals surface area contributed by atoms with Crippen LogP contribution in [-0.2, 0) is 35.2 Å². The summed E-state index contributed by atoms with van der Waals surface area (Å²) in [6, 6.07) is 24.4. The second-order valence-electron chi connectivity index (χ2n) is 9.59. The van der Waals surface area contributed by atoms with Gasteiger partial charge in [-0.3, -0.25) is 14.5 Å². The van der Waals surface area contributed by atoms with Gasteiger partial charge in [0.2, 0.25) is 0 Å². The minimum atomic E-state index is -2.41. The monoisotopic (exact) mass is 552 g/mol. The van der Waals surface area contributed by atoms with Crippen molar-refractivity contribution in [3.8, 4) is 0 Å². The third-order valence-electron chi connectivity index (χ3n) is 7.15. The largest absolute Gasteiger partial charge is 0.503 e. The molecule has 2 amide bonds. The lowest BCUT2D eigenvalue weighted by molar-refractivity contribution is -0.142. The van der Waals surface area contributed by atoms with Gasteiger partial charge >= 0.3 is 11.9 Å². The molecular formula is C32H28N2O7. The van der Waals surface area contributed by atoms with Gasteiger partial charge in [0.1, 0.15) is 11.1 Å². The first-order valence-electron chi connectivity index (χ1n) is 13.0. The van der Waals surface area contributed by atoms with Gasteiger partial charge in [-0.15, -0.1) is 0 Å². The van der Waals surface area contributed by atoms with E-state index < -0.39 is 40.6 Å². The van der Waals surface area contributed by atoms with E-state index in [1.807, 2.05) is 37.3 Å². The number of nitrogens with zero attached hydrogens (tertiary/aromatic N) is 2. The number of aryl methyl sites for hydroxylation is 1. The summed E-state index contributed by atoms with van der Waals surface area (Å²) in [6.07, 6.45) is 0. The molecule has 0 aliphatic carbocycles. The molecule has 1 N–H and O–H groups in total. The minimum Gasteiger partial charge on any atom is -0.503 e. The fourth-order valence-corrected chi connectivity index (χ4v) is 5.41. The molecule has 0 aromatic heterocycles. The first kappa shape index (κ1) is 27.4. The van der Waals surface area contributed by atoms with E-state index in [1.54, 1.807) is 61.5 Å². The molecule has 5 rings (SSSR count). The molecule has 0 radical (unpaired) electrons. The summed E-state index contributed by atoms with van der Waals surface area (Å²) in [5.74, 6) is -4.85. The molecule has 208 valence electrons. The zero-order valence-corrected chi connectivity index (χ0v) is 22.8. The number of methoxy groups -OCH3 is 1. The molecule has 2 aliphatic rings. The quantitative estimate of drug-likeness (QED) is 0.440. The number of aliphatic hydroxyl groups excluding tert-OH is 1. The highest BCUT2D eigenvalue weighted by atomic mass is 16.5. The Hall–Kier alpha value is -5.18. The second kappa shape index (κ2) is 10.8.